The molecule has 0 aromatic heterocycles. The summed E-state index contributed by atoms with van der Waals surface area (Å²) in [5.41, 5.74) is 1.62. The van der Waals surface area contributed by atoms with E-state index in [0.29, 0.717) is 35.9 Å². The average molecular weight is 486 g/mol. The van der Waals surface area contributed by atoms with E-state index in [-0.39, 0.29) is 29.5 Å². The van der Waals surface area contributed by atoms with Crippen molar-refractivity contribution in [2.75, 3.05) is 37.6 Å². The molecule has 2 heterocycles. The summed E-state index contributed by atoms with van der Waals surface area (Å²) in [6.07, 6.45) is 1.72. The Hall–Kier alpha value is -2.44. The first-order valence-corrected chi connectivity index (χ1v) is 12.4. The smallest absolute Gasteiger partial charge is 0.228 e. The van der Waals surface area contributed by atoms with Crippen molar-refractivity contribution in [3.8, 4) is 0 Å². The minimum Gasteiger partial charge on any atom is -0.359 e. The van der Waals surface area contributed by atoms with Gasteiger partial charge in [0.2, 0.25) is 5.91 Å². The first-order valence-electron chi connectivity index (χ1n) is 12.0. The Morgan fingerprint density at radius 2 is 1.71 bits per heavy atom. The minimum atomic E-state index is -0.497. The Bertz CT molecular complexity index is 1040. The Labute approximate surface area is 206 Å². The Balaban J connectivity index is 1.63. The van der Waals surface area contributed by atoms with E-state index in [1.165, 1.54) is 6.07 Å². The van der Waals surface area contributed by atoms with Crippen LogP contribution < -0.4 is 10.2 Å². The number of anilines is 1. The molecule has 1 atom stereocenters. The number of benzene rings is 2. The summed E-state index contributed by atoms with van der Waals surface area (Å²) < 4.78 is 14.9. The lowest BCUT2D eigenvalue weighted by Gasteiger charge is -2.44. The fraction of sp³-hybridized carbons (Fsp3) is 0.481. The number of nitrogens with one attached hydrogen (secondary N) is 1. The van der Waals surface area contributed by atoms with Crippen molar-refractivity contribution < 1.29 is 14.0 Å². The summed E-state index contributed by atoms with van der Waals surface area (Å²) >= 11 is 5.99. The van der Waals surface area contributed by atoms with Gasteiger partial charge in [-0.2, -0.15) is 0 Å². The van der Waals surface area contributed by atoms with E-state index in [9.17, 15) is 14.0 Å². The zero-order valence-electron chi connectivity index (χ0n) is 20.1. The van der Waals surface area contributed by atoms with Crippen molar-refractivity contribution in [3.63, 3.8) is 0 Å². The van der Waals surface area contributed by atoms with Crippen molar-refractivity contribution in [2.24, 2.45) is 11.3 Å². The van der Waals surface area contributed by atoms with Gasteiger partial charge in [0.15, 0.2) is 5.78 Å². The lowest BCUT2D eigenvalue weighted by Crippen LogP contribution is -2.53. The van der Waals surface area contributed by atoms with Crippen LogP contribution in [0.4, 0.5) is 10.1 Å². The maximum absolute atomic E-state index is 14.9. The van der Waals surface area contributed by atoms with Crippen LogP contribution in [0.3, 0.4) is 0 Å². The lowest BCUT2D eigenvalue weighted by atomic mass is 9.88. The summed E-state index contributed by atoms with van der Waals surface area (Å²) in [6.45, 7) is 8.94. The number of halogens is 2. The normalized spacial score (nSPS) is 19.9. The van der Waals surface area contributed by atoms with Gasteiger partial charge < -0.3 is 15.1 Å². The van der Waals surface area contributed by atoms with Gasteiger partial charge in [0.1, 0.15) is 5.82 Å². The third-order valence-corrected chi connectivity index (χ3v) is 7.05. The first-order chi connectivity index (χ1) is 16.1. The lowest BCUT2D eigenvalue weighted by molar-refractivity contribution is -0.140. The Morgan fingerprint density at radius 3 is 2.32 bits per heavy atom. The highest BCUT2D eigenvalue weighted by molar-refractivity contribution is 6.30. The van der Waals surface area contributed by atoms with Crippen molar-refractivity contribution in [2.45, 2.75) is 39.7 Å². The van der Waals surface area contributed by atoms with Crippen LogP contribution in [0.1, 0.15) is 55.6 Å². The first kappa shape index (κ1) is 24.7. The van der Waals surface area contributed by atoms with Gasteiger partial charge in [0.25, 0.3) is 0 Å². The third-order valence-electron chi connectivity index (χ3n) is 6.82. The van der Waals surface area contributed by atoms with Crippen molar-refractivity contribution in [3.05, 3.63) is 64.4 Å². The summed E-state index contributed by atoms with van der Waals surface area (Å²) in [7, 11) is 0. The van der Waals surface area contributed by atoms with Gasteiger partial charge in [0, 0.05) is 41.6 Å². The van der Waals surface area contributed by atoms with Crippen LogP contribution in [0.25, 0.3) is 0 Å². The van der Waals surface area contributed by atoms with E-state index in [1.807, 2.05) is 54.8 Å². The standard InChI is InChI=1S/C27H33ClFN3O2/c1-27(2,3)26(34)31-14-15-32(23-9-8-21(28)16-22(23)29)24(17-31)18-4-6-19(7-5-18)25(33)20-10-12-30-13-11-20/h4-9,16,20,24,30H,10-15,17H2,1-3H3. The molecule has 5 nitrogen and oxygen atoms in total. The number of carbonyl (C=O) groups is 2. The molecule has 0 spiro atoms. The van der Waals surface area contributed by atoms with E-state index in [1.54, 1.807) is 12.1 Å². The molecule has 0 aliphatic carbocycles. The highest BCUT2D eigenvalue weighted by atomic mass is 35.5. The van der Waals surface area contributed by atoms with Gasteiger partial charge >= 0.3 is 0 Å². The predicted octanol–water partition coefficient (Wildman–Crippen LogP) is 5.10. The molecule has 1 unspecified atom stereocenters. The van der Waals surface area contributed by atoms with E-state index in [0.717, 1.165) is 31.5 Å². The fourth-order valence-corrected chi connectivity index (χ4v) is 5.08. The SMILES string of the molecule is CC(C)(C)C(=O)N1CCN(c2ccc(Cl)cc2F)C(c2ccc(C(=O)C3CCNCC3)cc2)C1. The molecule has 0 saturated carbocycles. The number of piperazine rings is 1. The number of piperidine rings is 1. The molecule has 2 aromatic rings. The summed E-state index contributed by atoms with van der Waals surface area (Å²) in [5, 5.41) is 3.64. The summed E-state index contributed by atoms with van der Waals surface area (Å²) in [6, 6.07) is 12.1. The van der Waals surface area contributed by atoms with E-state index in [2.05, 4.69) is 5.32 Å². The Kier molecular flexibility index (Phi) is 7.29. The van der Waals surface area contributed by atoms with E-state index in [4.69, 9.17) is 11.6 Å². The van der Waals surface area contributed by atoms with E-state index < -0.39 is 5.41 Å². The molecule has 34 heavy (non-hydrogen) atoms. The quantitative estimate of drug-likeness (QED) is 0.612. The van der Waals surface area contributed by atoms with Gasteiger partial charge in [-0.25, -0.2) is 4.39 Å². The highest BCUT2D eigenvalue weighted by Crippen LogP contribution is 2.35. The molecule has 0 bridgehead atoms. The zero-order chi connectivity index (χ0) is 24.5. The van der Waals surface area contributed by atoms with Crippen LogP contribution in [0.5, 0.6) is 0 Å². The van der Waals surface area contributed by atoms with Crippen LogP contribution in [0.2, 0.25) is 5.02 Å². The number of nitrogens with zero attached hydrogens (tertiary/aromatic N) is 2. The third kappa shape index (κ3) is 5.28. The molecule has 4 rings (SSSR count). The summed E-state index contributed by atoms with van der Waals surface area (Å²) in [4.78, 5) is 29.9. The van der Waals surface area contributed by atoms with Gasteiger partial charge in [0.05, 0.1) is 11.7 Å². The fourth-order valence-electron chi connectivity index (χ4n) is 4.92. The van der Waals surface area contributed by atoms with Crippen molar-refractivity contribution in [1.82, 2.24) is 10.2 Å². The van der Waals surface area contributed by atoms with Crippen molar-refractivity contribution >= 4 is 29.0 Å². The van der Waals surface area contributed by atoms with Gasteiger partial charge in [-0.3, -0.25) is 9.59 Å². The average Bonchev–Trinajstić information content (AvgIpc) is 2.83. The number of hydrogen-bond donors (Lipinski definition) is 1. The Morgan fingerprint density at radius 1 is 1.03 bits per heavy atom. The number of ketones is 1. The topological polar surface area (TPSA) is 52.7 Å². The van der Waals surface area contributed by atoms with Crippen LogP contribution in [0.15, 0.2) is 42.5 Å². The van der Waals surface area contributed by atoms with Crippen LogP contribution in [-0.2, 0) is 4.79 Å². The highest BCUT2D eigenvalue weighted by Gasteiger charge is 2.36. The van der Waals surface area contributed by atoms with Crippen LogP contribution in [0, 0.1) is 17.2 Å². The van der Waals surface area contributed by atoms with Gasteiger partial charge in [-0.15, -0.1) is 0 Å². The molecule has 2 aliphatic heterocycles. The predicted molar refractivity (Wildman–Crippen MR) is 134 cm³/mol. The second-order valence-corrected chi connectivity index (χ2v) is 10.8. The maximum Gasteiger partial charge on any atom is 0.228 e. The monoisotopic (exact) mass is 485 g/mol. The molecule has 0 radical (unpaired) electrons. The second-order valence-electron chi connectivity index (χ2n) is 10.3. The molecular weight excluding hydrogens is 453 g/mol. The minimum absolute atomic E-state index is 0.0568. The molecule has 2 aliphatic rings. The van der Waals surface area contributed by atoms with Crippen LogP contribution >= 0.6 is 11.6 Å². The van der Waals surface area contributed by atoms with E-state index >= 15 is 0 Å². The maximum atomic E-state index is 14.9. The second kappa shape index (κ2) is 10.0. The van der Waals surface area contributed by atoms with Crippen LogP contribution in [-0.4, -0.2) is 49.3 Å². The molecule has 182 valence electrons. The molecule has 2 aromatic carbocycles. The number of rotatable bonds is 4. The van der Waals surface area contributed by atoms with Gasteiger partial charge in [-0.1, -0.05) is 56.6 Å². The number of hydrogen-bond acceptors (Lipinski definition) is 4. The zero-order valence-corrected chi connectivity index (χ0v) is 20.9. The molecule has 2 saturated heterocycles. The number of carbonyl (C=O) groups excluding carboxylic acids is 2. The van der Waals surface area contributed by atoms with Crippen molar-refractivity contribution in [1.29, 1.82) is 0 Å². The molecule has 2 fully saturated rings. The van der Waals surface area contributed by atoms with Gasteiger partial charge in [-0.05, 0) is 49.7 Å². The molecule has 1 N–H and O–H groups in total. The molecule has 1 amide bonds. The molecule has 7 heteroatoms. The largest absolute Gasteiger partial charge is 0.359 e. The summed E-state index contributed by atoms with van der Waals surface area (Å²) in [5.74, 6) is -0.0691. The number of Topliss-reactive ketones (excluding diaryl/α,β-unsaturated/α-hetero) is 1. The molecular formula is C27H33ClFN3O2. The number of amides is 1.